The summed E-state index contributed by atoms with van der Waals surface area (Å²) in [5.41, 5.74) is 2.23. The van der Waals surface area contributed by atoms with E-state index in [1.165, 1.54) is 5.56 Å². The average Bonchev–Trinajstić information content (AvgIpc) is 2.91. The predicted octanol–water partition coefficient (Wildman–Crippen LogP) is 4.16. The number of methoxy groups -OCH3 is 1. The highest BCUT2D eigenvalue weighted by Gasteiger charge is 2.45. The van der Waals surface area contributed by atoms with Crippen LogP contribution in [-0.4, -0.2) is 7.11 Å². The van der Waals surface area contributed by atoms with Gasteiger partial charge in [-0.25, -0.2) is 0 Å². The predicted molar refractivity (Wildman–Crippen MR) is 75.0 cm³/mol. The molecule has 2 unspecified atom stereocenters. The van der Waals surface area contributed by atoms with E-state index in [2.05, 4.69) is 37.4 Å². The van der Waals surface area contributed by atoms with Gasteiger partial charge in [0.15, 0.2) is 0 Å². The van der Waals surface area contributed by atoms with Crippen LogP contribution in [0.4, 0.5) is 5.69 Å². The zero-order valence-corrected chi connectivity index (χ0v) is 11.5. The van der Waals surface area contributed by atoms with E-state index in [4.69, 9.17) is 9.15 Å². The van der Waals surface area contributed by atoms with Crippen LogP contribution in [0.1, 0.15) is 37.3 Å². The summed E-state index contributed by atoms with van der Waals surface area (Å²) in [6.45, 7) is 4.41. The van der Waals surface area contributed by atoms with Crippen molar-refractivity contribution in [2.24, 2.45) is 5.41 Å². The molecule has 3 heteroatoms. The van der Waals surface area contributed by atoms with Crippen LogP contribution in [0, 0.1) is 5.41 Å². The fourth-order valence-electron chi connectivity index (χ4n) is 3.07. The zero-order chi connectivity index (χ0) is 13.5. The van der Waals surface area contributed by atoms with Gasteiger partial charge in [0, 0.05) is 23.8 Å². The van der Waals surface area contributed by atoms with Gasteiger partial charge in [-0.15, -0.1) is 0 Å². The Balaban J connectivity index is 2.11. The molecule has 2 heterocycles. The highest BCUT2D eigenvalue weighted by molar-refractivity contribution is 5.57. The van der Waals surface area contributed by atoms with Gasteiger partial charge in [-0.05, 0) is 18.2 Å². The van der Waals surface area contributed by atoms with Crippen molar-refractivity contribution < 1.29 is 9.15 Å². The molecule has 2 atom stereocenters. The molecular formula is C16H19NO2. The first-order valence-corrected chi connectivity index (χ1v) is 6.56. The SMILES string of the molecule is COC1c2ccccc2NC(c2ccco2)C1(C)C. The Morgan fingerprint density at radius 1 is 1.16 bits per heavy atom. The van der Waals surface area contributed by atoms with Crippen molar-refractivity contribution in [2.75, 3.05) is 12.4 Å². The summed E-state index contributed by atoms with van der Waals surface area (Å²) < 4.78 is 11.4. The van der Waals surface area contributed by atoms with E-state index in [0.29, 0.717) is 0 Å². The molecule has 0 saturated heterocycles. The van der Waals surface area contributed by atoms with Gasteiger partial charge in [0.2, 0.25) is 0 Å². The maximum atomic E-state index is 5.78. The van der Waals surface area contributed by atoms with E-state index >= 15 is 0 Å². The molecule has 1 aromatic heterocycles. The fraction of sp³-hybridized carbons (Fsp3) is 0.375. The Bertz CT molecular complexity index is 560. The third-order valence-corrected chi connectivity index (χ3v) is 4.03. The normalized spacial score (nSPS) is 24.6. The molecule has 1 aliphatic heterocycles. The Hall–Kier alpha value is -1.74. The van der Waals surface area contributed by atoms with Gasteiger partial charge in [-0.3, -0.25) is 0 Å². The van der Waals surface area contributed by atoms with E-state index in [1.54, 1.807) is 13.4 Å². The van der Waals surface area contributed by atoms with Crippen LogP contribution in [0.15, 0.2) is 47.1 Å². The second-order valence-corrected chi connectivity index (χ2v) is 5.62. The fourth-order valence-corrected chi connectivity index (χ4v) is 3.07. The molecule has 0 bridgehead atoms. The number of rotatable bonds is 2. The smallest absolute Gasteiger partial charge is 0.126 e. The maximum Gasteiger partial charge on any atom is 0.126 e. The number of furan rings is 1. The molecule has 0 aliphatic carbocycles. The van der Waals surface area contributed by atoms with Crippen LogP contribution in [-0.2, 0) is 4.74 Å². The number of fused-ring (bicyclic) bond motifs is 1. The first kappa shape index (κ1) is 12.3. The van der Waals surface area contributed by atoms with Crippen molar-refractivity contribution in [3.05, 3.63) is 54.0 Å². The number of hydrogen-bond donors (Lipinski definition) is 1. The molecule has 0 saturated carbocycles. The van der Waals surface area contributed by atoms with Gasteiger partial charge >= 0.3 is 0 Å². The Kier molecular flexibility index (Phi) is 2.86. The molecule has 3 rings (SSSR count). The summed E-state index contributed by atoms with van der Waals surface area (Å²) in [4.78, 5) is 0. The number of ether oxygens (including phenoxy) is 1. The van der Waals surface area contributed by atoms with Crippen LogP contribution in [0.25, 0.3) is 0 Å². The van der Waals surface area contributed by atoms with Gasteiger partial charge < -0.3 is 14.5 Å². The lowest BCUT2D eigenvalue weighted by Crippen LogP contribution is -2.39. The monoisotopic (exact) mass is 257 g/mol. The average molecular weight is 257 g/mol. The Labute approximate surface area is 113 Å². The molecule has 1 aromatic carbocycles. The third kappa shape index (κ3) is 1.85. The molecule has 0 radical (unpaired) electrons. The largest absolute Gasteiger partial charge is 0.467 e. The molecule has 2 aromatic rings. The molecular weight excluding hydrogens is 238 g/mol. The molecule has 0 fully saturated rings. The summed E-state index contributed by atoms with van der Waals surface area (Å²) in [5.74, 6) is 0.946. The van der Waals surface area contributed by atoms with Crippen molar-refractivity contribution in [2.45, 2.75) is 26.0 Å². The topological polar surface area (TPSA) is 34.4 Å². The summed E-state index contributed by atoms with van der Waals surface area (Å²) in [6.07, 6.45) is 1.76. The highest BCUT2D eigenvalue weighted by atomic mass is 16.5. The summed E-state index contributed by atoms with van der Waals surface area (Å²) in [6, 6.07) is 12.3. The second-order valence-electron chi connectivity index (χ2n) is 5.62. The van der Waals surface area contributed by atoms with Crippen LogP contribution in [0.3, 0.4) is 0 Å². The number of nitrogens with one attached hydrogen (secondary N) is 1. The molecule has 0 amide bonds. The first-order chi connectivity index (χ1) is 9.14. The van der Waals surface area contributed by atoms with Gasteiger partial charge in [-0.2, -0.15) is 0 Å². The summed E-state index contributed by atoms with van der Waals surface area (Å²) in [7, 11) is 1.77. The molecule has 1 N–H and O–H groups in total. The van der Waals surface area contributed by atoms with Crippen molar-refractivity contribution in [3.8, 4) is 0 Å². The van der Waals surface area contributed by atoms with Gasteiger partial charge in [0.25, 0.3) is 0 Å². The van der Waals surface area contributed by atoms with E-state index in [0.717, 1.165) is 11.4 Å². The van der Waals surface area contributed by atoms with Crippen molar-refractivity contribution in [1.29, 1.82) is 0 Å². The number of hydrogen-bond acceptors (Lipinski definition) is 3. The Morgan fingerprint density at radius 2 is 1.95 bits per heavy atom. The molecule has 0 spiro atoms. The van der Waals surface area contributed by atoms with Crippen LogP contribution >= 0.6 is 0 Å². The zero-order valence-electron chi connectivity index (χ0n) is 11.5. The molecule has 100 valence electrons. The number of benzene rings is 1. The summed E-state index contributed by atoms with van der Waals surface area (Å²) in [5, 5.41) is 3.58. The van der Waals surface area contributed by atoms with Crippen molar-refractivity contribution in [3.63, 3.8) is 0 Å². The van der Waals surface area contributed by atoms with Gasteiger partial charge in [0.1, 0.15) is 5.76 Å². The highest BCUT2D eigenvalue weighted by Crippen LogP contribution is 2.52. The lowest BCUT2D eigenvalue weighted by atomic mass is 9.72. The van der Waals surface area contributed by atoms with Crippen LogP contribution in [0.2, 0.25) is 0 Å². The van der Waals surface area contributed by atoms with Crippen molar-refractivity contribution in [1.82, 2.24) is 0 Å². The standard InChI is InChI=1S/C16H19NO2/c1-16(2)14(13-9-6-10-19-13)17-12-8-5-4-7-11(12)15(16)18-3/h4-10,14-15,17H,1-3H3. The quantitative estimate of drug-likeness (QED) is 0.877. The Morgan fingerprint density at radius 3 is 2.63 bits per heavy atom. The second kappa shape index (κ2) is 4.42. The number of anilines is 1. The number of para-hydroxylation sites is 1. The van der Waals surface area contributed by atoms with E-state index in [9.17, 15) is 0 Å². The third-order valence-electron chi connectivity index (χ3n) is 4.03. The lowest BCUT2D eigenvalue weighted by Gasteiger charge is -2.45. The van der Waals surface area contributed by atoms with Crippen LogP contribution in [0.5, 0.6) is 0 Å². The van der Waals surface area contributed by atoms with E-state index in [1.807, 2.05) is 18.2 Å². The minimum absolute atomic E-state index is 0.0417. The summed E-state index contributed by atoms with van der Waals surface area (Å²) >= 11 is 0. The van der Waals surface area contributed by atoms with Crippen molar-refractivity contribution >= 4 is 5.69 Å². The molecule has 3 nitrogen and oxygen atoms in total. The van der Waals surface area contributed by atoms with E-state index in [-0.39, 0.29) is 17.6 Å². The lowest BCUT2D eigenvalue weighted by molar-refractivity contribution is -0.0142. The van der Waals surface area contributed by atoms with Crippen LogP contribution < -0.4 is 5.32 Å². The minimum atomic E-state index is -0.0963. The molecule has 1 aliphatic rings. The maximum absolute atomic E-state index is 5.78. The first-order valence-electron chi connectivity index (χ1n) is 6.56. The van der Waals surface area contributed by atoms with Gasteiger partial charge in [-0.1, -0.05) is 32.0 Å². The minimum Gasteiger partial charge on any atom is -0.467 e. The molecule has 19 heavy (non-hydrogen) atoms. The van der Waals surface area contributed by atoms with E-state index < -0.39 is 0 Å². The van der Waals surface area contributed by atoms with Gasteiger partial charge in [0.05, 0.1) is 18.4 Å².